The van der Waals surface area contributed by atoms with E-state index < -0.39 is 10.0 Å². The number of thiophene rings is 1. The summed E-state index contributed by atoms with van der Waals surface area (Å²) in [5, 5.41) is 3.25. The molecule has 1 aliphatic carbocycles. The van der Waals surface area contributed by atoms with Crippen LogP contribution < -0.4 is 5.32 Å². The van der Waals surface area contributed by atoms with Crippen molar-refractivity contribution in [3.8, 4) is 0 Å². The van der Waals surface area contributed by atoms with Gasteiger partial charge in [0.25, 0.3) is 0 Å². The predicted octanol–water partition coefficient (Wildman–Crippen LogP) is 2.98. The first-order valence-corrected chi connectivity index (χ1v) is 9.97. The van der Waals surface area contributed by atoms with Gasteiger partial charge in [-0.25, -0.2) is 12.7 Å². The minimum Gasteiger partial charge on any atom is -0.312 e. The summed E-state index contributed by atoms with van der Waals surface area (Å²) in [6, 6.07) is 1.84. The predicted molar refractivity (Wildman–Crippen MR) is 88.2 cm³/mol. The summed E-state index contributed by atoms with van der Waals surface area (Å²) in [6.45, 7) is 6.23. The Bertz CT molecular complexity index is 560. The third-order valence-corrected chi connectivity index (χ3v) is 7.28. The van der Waals surface area contributed by atoms with E-state index in [2.05, 4.69) is 5.32 Å². The maximum absolute atomic E-state index is 12.7. The van der Waals surface area contributed by atoms with E-state index in [1.165, 1.54) is 12.8 Å². The summed E-state index contributed by atoms with van der Waals surface area (Å²) in [7, 11) is -1.63. The topological polar surface area (TPSA) is 49.4 Å². The van der Waals surface area contributed by atoms with Crippen molar-refractivity contribution >= 4 is 21.4 Å². The Hall–Kier alpha value is -0.430. The van der Waals surface area contributed by atoms with E-state index in [0.29, 0.717) is 17.4 Å². The van der Waals surface area contributed by atoms with Crippen molar-refractivity contribution in [1.82, 2.24) is 9.62 Å². The minimum atomic E-state index is -3.35. The lowest BCUT2D eigenvalue weighted by Gasteiger charge is -2.20. The third-order valence-electron chi connectivity index (χ3n) is 4.15. The van der Waals surface area contributed by atoms with Gasteiger partial charge in [-0.15, -0.1) is 11.3 Å². The van der Waals surface area contributed by atoms with Gasteiger partial charge in [0.15, 0.2) is 0 Å². The van der Waals surface area contributed by atoms with Gasteiger partial charge in [0, 0.05) is 29.9 Å². The number of rotatable bonds is 7. The quantitative estimate of drug-likeness (QED) is 0.836. The first-order valence-electron chi connectivity index (χ1n) is 7.71. The molecule has 2 rings (SSSR count). The first-order chi connectivity index (χ1) is 9.95. The highest BCUT2D eigenvalue weighted by Gasteiger charge is 2.28. The van der Waals surface area contributed by atoms with Crippen LogP contribution in [0, 0.1) is 12.8 Å². The Kier molecular flexibility index (Phi) is 5.82. The highest BCUT2D eigenvalue weighted by atomic mass is 32.2. The second-order valence-electron chi connectivity index (χ2n) is 5.85. The number of nitrogens with one attached hydrogen (secondary N) is 1. The molecule has 0 bridgehead atoms. The number of aryl methyl sites for hydroxylation is 1. The second-order valence-corrected chi connectivity index (χ2v) is 9.20. The molecule has 1 aromatic heterocycles. The lowest BCUT2D eigenvalue weighted by Crippen LogP contribution is -2.31. The van der Waals surface area contributed by atoms with Gasteiger partial charge in [-0.1, -0.05) is 19.8 Å². The summed E-state index contributed by atoms with van der Waals surface area (Å²) in [6.07, 6.45) is 4.80. The van der Waals surface area contributed by atoms with Crippen LogP contribution in [0.3, 0.4) is 0 Å². The van der Waals surface area contributed by atoms with Crippen molar-refractivity contribution in [3.05, 3.63) is 15.8 Å². The summed E-state index contributed by atoms with van der Waals surface area (Å²) in [5.74, 6) is 0.532. The van der Waals surface area contributed by atoms with Gasteiger partial charge in [-0.3, -0.25) is 0 Å². The molecule has 0 atom stereocenters. The highest BCUT2D eigenvalue weighted by Crippen LogP contribution is 2.30. The Labute approximate surface area is 132 Å². The van der Waals surface area contributed by atoms with Crippen LogP contribution in [-0.2, 0) is 16.6 Å². The van der Waals surface area contributed by atoms with Gasteiger partial charge in [0.1, 0.15) is 0 Å². The van der Waals surface area contributed by atoms with E-state index in [9.17, 15) is 8.42 Å². The number of sulfonamides is 1. The fraction of sp³-hybridized carbons (Fsp3) is 0.733. The van der Waals surface area contributed by atoms with Crippen LogP contribution in [0.1, 0.15) is 42.4 Å². The first kappa shape index (κ1) is 16.9. The van der Waals surface area contributed by atoms with Gasteiger partial charge in [-0.05, 0) is 38.3 Å². The average molecular weight is 331 g/mol. The summed E-state index contributed by atoms with van der Waals surface area (Å²) >= 11 is 1.57. The third kappa shape index (κ3) is 4.06. The molecule has 1 aliphatic rings. The second kappa shape index (κ2) is 7.22. The number of hydrogen-bond acceptors (Lipinski definition) is 4. The van der Waals surface area contributed by atoms with Gasteiger partial charge in [-0.2, -0.15) is 0 Å². The molecule has 1 fully saturated rings. The molecule has 0 spiro atoms. The van der Waals surface area contributed by atoms with E-state index >= 15 is 0 Å². The van der Waals surface area contributed by atoms with Crippen molar-refractivity contribution in [3.63, 3.8) is 0 Å². The molecule has 0 amide bonds. The van der Waals surface area contributed by atoms with Crippen LogP contribution >= 0.6 is 11.3 Å². The van der Waals surface area contributed by atoms with Crippen molar-refractivity contribution in [2.45, 2.75) is 51.0 Å². The molecule has 1 heterocycles. The minimum absolute atomic E-state index is 0.487. The molecule has 1 saturated carbocycles. The van der Waals surface area contributed by atoms with Crippen LogP contribution in [0.25, 0.3) is 0 Å². The molecular weight excluding hydrogens is 304 g/mol. The molecule has 1 aromatic rings. The lowest BCUT2D eigenvalue weighted by molar-refractivity contribution is 0.387. The van der Waals surface area contributed by atoms with Gasteiger partial charge < -0.3 is 5.32 Å². The standard InChI is InChI=1S/C15H26N2O2S2/c1-4-16-10-14-9-15(12(2)20-14)21(18,19)17(3)11-13-7-5-6-8-13/h9,13,16H,4-8,10-11H2,1-3H3. The maximum atomic E-state index is 12.7. The number of hydrogen-bond donors (Lipinski definition) is 1. The molecule has 0 radical (unpaired) electrons. The smallest absolute Gasteiger partial charge is 0.243 e. The fourth-order valence-corrected chi connectivity index (χ4v) is 5.75. The zero-order valence-corrected chi connectivity index (χ0v) is 14.8. The summed E-state index contributed by atoms with van der Waals surface area (Å²) in [4.78, 5) is 2.46. The zero-order chi connectivity index (χ0) is 15.5. The monoisotopic (exact) mass is 330 g/mol. The average Bonchev–Trinajstić information content (AvgIpc) is 3.06. The van der Waals surface area contributed by atoms with E-state index in [0.717, 1.165) is 35.7 Å². The Balaban J connectivity index is 2.12. The van der Waals surface area contributed by atoms with E-state index in [4.69, 9.17) is 0 Å². The van der Waals surface area contributed by atoms with Crippen LogP contribution in [0.4, 0.5) is 0 Å². The van der Waals surface area contributed by atoms with E-state index in [1.54, 1.807) is 22.7 Å². The molecule has 0 aromatic carbocycles. The fourth-order valence-electron chi connectivity index (χ4n) is 2.94. The largest absolute Gasteiger partial charge is 0.312 e. The van der Waals surface area contributed by atoms with Crippen molar-refractivity contribution in [1.29, 1.82) is 0 Å². The molecule has 0 aliphatic heterocycles. The summed E-state index contributed by atoms with van der Waals surface area (Å²) < 4.78 is 27.0. The molecule has 6 heteroatoms. The van der Waals surface area contributed by atoms with Crippen LogP contribution in [0.5, 0.6) is 0 Å². The van der Waals surface area contributed by atoms with Crippen molar-refractivity contribution in [2.24, 2.45) is 5.92 Å². The molecular formula is C15H26N2O2S2. The van der Waals surface area contributed by atoms with Gasteiger partial charge >= 0.3 is 0 Å². The maximum Gasteiger partial charge on any atom is 0.243 e. The highest BCUT2D eigenvalue weighted by molar-refractivity contribution is 7.89. The van der Waals surface area contributed by atoms with Gasteiger partial charge in [0.2, 0.25) is 10.0 Å². The SMILES string of the molecule is CCNCc1cc(S(=O)(=O)N(C)CC2CCCC2)c(C)s1. The Morgan fingerprint density at radius 2 is 2.05 bits per heavy atom. The van der Waals surface area contributed by atoms with Crippen LogP contribution in [-0.4, -0.2) is 32.9 Å². The van der Waals surface area contributed by atoms with Crippen molar-refractivity contribution < 1.29 is 8.42 Å². The normalized spacial score (nSPS) is 17.0. The zero-order valence-electron chi connectivity index (χ0n) is 13.2. The molecule has 4 nitrogen and oxygen atoms in total. The molecule has 120 valence electrons. The molecule has 1 N–H and O–H groups in total. The van der Waals surface area contributed by atoms with Crippen LogP contribution in [0.15, 0.2) is 11.0 Å². The van der Waals surface area contributed by atoms with E-state index in [1.807, 2.05) is 19.9 Å². The Morgan fingerprint density at radius 3 is 2.67 bits per heavy atom. The van der Waals surface area contributed by atoms with Crippen molar-refractivity contribution in [2.75, 3.05) is 20.1 Å². The number of nitrogens with zero attached hydrogens (tertiary/aromatic N) is 1. The molecule has 0 unspecified atom stereocenters. The summed E-state index contributed by atoms with van der Waals surface area (Å²) in [5.41, 5.74) is 0. The lowest BCUT2D eigenvalue weighted by atomic mass is 10.1. The molecule has 0 saturated heterocycles. The molecule has 21 heavy (non-hydrogen) atoms. The van der Waals surface area contributed by atoms with E-state index in [-0.39, 0.29) is 0 Å². The van der Waals surface area contributed by atoms with Crippen LogP contribution in [0.2, 0.25) is 0 Å². The van der Waals surface area contributed by atoms with Gasteiger partial charge in [0.05, 0.1) is 4.90 Å². The Morgan fingerprint density at radius 1 is 1.38 bits per heavy atom.